The zero-order valence-corrected chi connectivity index (χ0v) is 9.51. The number of carbonyl (C=O) groups excluding carboxylic acids is 1. The lowest BCUT2D eigenvalue weighted by Crippen LogP contribution is -2.32. The lowest BCUT2D eigenvalue weighted by Gasteiger charge is -2.15. The molecule has 7 heteroatoms. The molecule has 0 radical (unpaired) electrons. The summed E-state index contributed by atoms with van der Waals surface area (Å²) >= 11 is 0. The topological polar surface area (TPSA) is 89.5 Å². The van der Waals surface area contributed by atoms with Crippen LogP contribution in [0.15, 0.2) is 18.2 Å². The van der Waals surface area contributed by atoms with E-state index >= 15 is 0 Å². The van der Waals surface area contributed by atoms with Gasteiger partial charge in [-0.2, -0.15) is 0 Å². The smallest absolute Gasteiger partial charge is 0.270 e. The van der Waals surface area contributed by atoms with Crippen molar-refractivity contribution in [2.24, 2.45) is 5.73 Å². The number of nitro groups is 1. The molecule has 1 aromatic carbocycles. The third-order valence-electron chi connectivity index (χ3n) is 2.90. The molecular formula is C11H12FN3O3. The fourth-order valence-electron chi connectivity index (χ4n) is 1.93. The first-order valence-electron chi connectivity index (χ1n) is 5.48. The van der Waals surface area contributed by atoms with E-state index in [0.717, 1.165) is 18.2 Å². The maximum atomic E-state index is 13.5. The minimum absolute atomic E-state index is 0.115. The molecule has 0 bridgehead atoms. The van der Waals surface area contributed by atoms with E-state index in [1.54, 1.807) is 0 Å². The summed E-state index contributed by atoms with van der Waals surface area (Å²) < 4.78 is 13.5. The molecule has 1 aromatic rings. The van der Waals surface area contributed by atoms with E-state index in [0.29, 0.717) is 19.5 Å². The summed E-state index contributed by atoms with van der Waals surface area (Å²) in [5.41, 5.74) is 5.08. The number of rotatable bonds is 2. The molecular weight excluding hydrogens is 241 g/mol. The van der Waals surface area contributed by atoms with Crippen LogP contribution in [0.2, 0.25) is 0 Å². The molecule has 0 unspecified atom stereocenters. The maximum Gasteiger partial charge on any atom is 0.270 e. The van der Waals surface area contributed by atoms with Gasteiger partial charge in [0, 0.05) is 31.3 Å². The van der Waals surface area contributed by atoms with Crippen LogP contribution in [0.5, 0.6) is 0 Å². The molecule has 96 valence electrons. The number of carbonyl (C=O) groups is 1. The lowest BCUT2D eigenvalue weighted by atomic mass is 10.1. The molecule has 2 N–H and O–H groups in total. The van der Waals surface area contributed by atoms with Gasteiger partial charge < -0.3 is 10.6 Å². The van der Waals surface area contributed by atoms with E-state index in [4.69, 9.17) is 5.73 Å². The molecule has 0 saturated carbocycles. The number of halogens is 1. The Labute approximate surface area is 102 Å². The number of amides is 1. The average Bonchev–Trinajstić information content (AvgIpc) is 2.75. The molecule has 1 atom stereocenters. The second-order valence-electron chi connectivity index (χ2n) is 4.22. The summed E-state index contributed by atoms with van der Waals surface area (Å²) in [6, 6.07) is 2.81. The Balaban J connectivity index is 2.29. The SMILES string of the molecule is N[C@@H]1CCN(C(=O)c2cc([N+](=O)[O-])ccc2F)C1. The van der Waals surface area contributed by atoms with E-state index < -0.39 is 16.6 Å². The molecule has 1 aliphatic heterocycles. The number of hydrogen-bond acceptors (Lipinski definition) is 4. The first kappa shape index (κ1) is 12.4. The minimum Gasteiger partial charge on any atom is -0.337 e. The molecule has 1 heterocycles. The van der Waals surface area contributed by atoms with E-state index in [-0.39, 0.29) is 17.3 Å². The second-order valence-corrected chi connectivity index (χ2v) is 4.22. The van der Waals surface area contributed by atoms with Gasteiger partial charge in [0.1, 0.15) is 5.82 Å². The molecule has 0 aliphatic carbocycles. The number of likely N-dealkylation sites (tertiary alicyclic amines) is 1. The predicted octanol–water partition coefficient (Wildman–Crippen LogP) is 0.907. The van der Waals surface area contributed by atoms with Crippen molar-refractivity contribution in [1.82, 2.24) is 4.90 Å². The van der Waals surface area contributed by atoms with Gasteiger partial charge in [-0.1, -0.05) is 0 Å². The van der Waals surface area contributed by atoms with E-state index in [2.05, 4.69) is 0 Å². The quantitative estimate of drug-likeness (QED) is 0.626. The molecule has 0 spiro atoms. The third kappa shape index (κ3) is 2.30. The highest BCUT2D eigenvalue weighted by atomic mass is 19.1. The summed E-state index contributed by atoms with van der Waals surface area (Å²) in [5, 5.41) is 10.6. The summed E-state index contributed by atoms with van der Waals surface area (Å²) in [7, 11) is 0. The number of nitro benzene ring substituents is 1. The number of benzene rings is 1. The van der Waals surface area contributed by atoms with Gasteiger partial charge in [0.05, 0.1) is 10.5 Å². The van der Waals surface area contributed by atoms with Crippen molar-refractivity contribution in [2.75, 3.05) is 13.1 Å². The number of hydrogen-bond donors (Lipinski definition) is 1. The Morgan fingerprint density at radius 1 is 1.56 bits per heavy atom. The van der Waals surface area contributed by atoms with Crippen molar-refractivity contribution >= 4 is 11.6 Å². The normalized spacial score (nSPS) is 19.0. The maximum absolute atomic E-state index is 13.5. The highest BCUT2D eigenvalue weighted by Crippen LogP contribution is 2.20. The summed E-state index contributed by atoms with van der Waals surface area (Å²) in [5.74, 6) is -1.31. The molecule has 6 nitrogen and oxygen atoms in total. The summed E-state index contributed by atoms with van der Waals surface area (Å²) in [6.07, 6.45) is 0.655. The van der Waals surface area contributed by atoms with Crippen LogP contribution in [-0.4, -0.2) is 34.9 Å². The Hall–Kier alpha value is -2.02. The largest absolute Gasteiger partial charge is 0.337 e. The van der Waals surface area contributed by atoms with Gasteiger partial charge in [-0.05, 0) is 12.5 Å². The molecule has 1 saturated heterocycles. The van der Waals surface area contributed by atoms with Crippen LogP contribution in [-0.2, 0) is 0 Å². The van der Waals surface area contributed by atoms with Crippen molar-refractivity contribution in [2.45, 2.75) is 12.5 Å². The molecule has 1 fully saturated rings. The Morgan fingerprint density at radius 3 is 2.83 bits per heavy atom. The van der Waals surface area contributed by atoms with Gasteiger partial charge in [0.2, 0.25) is 0 Å². The Morgan fingerprint density at radius 2 is 2.28 bits per heavy atom. The second kappa shape index (κ2) is 4.69. The minimum atomic E-state index is -0.758. The summed E-state index contributed by atoms with van der Waals surface area (Å²) in [6.45, 7) is 0.795. The predicted molar refractivity (Wildman–Crippen MR) is 61.6 cm³/mol. The standard InChI is InChI=1S/C11H12FN3O3/c12-10-2-1-8(15(17)18)5-9(10)11(16)14-4-3-7(13)6-14/h1-2,5,7H,3-4,6,13H2/t7-/m1/s1. The lowest BCUT2D eigenvalue weighted by molar-refractivity contribution is -0.384. The van der Waals surface area contributed by atoms with Crippen molar-refractivity contribution in [3.8, 4) is 0 Å². The van der Waals surface area contributed by atoms with Crippen LogP contribution in [0.25, 0.3) is 0 Å². The third-order valence-corrected chi connectivity index (χ3v) is 2.90. The van der Waals surface area contributed by atoms with Crippen LogP contribution in [0.4, 0.5) is 10.1 Å². The fourth-order valence-corrected chi connectivity index (χ4v) is 1.93. The van der Waals surface area contributed by atoms with Crippen LogP contribution >= 0.6 is 0 Å². The molecule has 1 amide bonds. The molecule has 18 heavy (non-hydrogen) atoms. The zero-order valence-electron chi connectivity index (χ0n) is 9.51. The van der Waals surface area contributed by atoms with Gasteiger partial charge in [-0.3, -0.25) is 14.9 Å². The van der Waals surface area contributed by atoms with Crippen LogP contribution in [0.1, 0.15) is 16.8 Å². The summed E-state index contributed by atoms with van der Waals surface area (Å²) in [4.78, 5) is 23.3. The van der Waals surface area contributed by atoms with Crippen LogP contribution in [0.3, 0.4) is 0 Å². The number of nitrogens with zero attached hydrogens (tertiary/aromatic N) is 2. The van der Waals surface area contributed by atoms with E-state index in [1.165, 1.54) is 4.90 Å². The van der Waals surface area contributed by atoms with Crippen molar-refractivity contribution in [3.05, 3.63) is 39.7 Å². The van der Waals surface area contributed by atoms with Crippen molar-refractivity contribution < 1.29 is 14.1 Å². The van der Waals surface area contributed by atoms with Crippen molar-refractivity contribution in [3.63, 3.8) is 0 Å². The van der Waals surface area contributed by atoms with Gasteiger partial charge in [0.15, 0.2) is 0 Å². The first-order valence-corrected chi connectivity index (χ1v) is 5.48. The highest BCUT2D eigenvalue weighted by Gasteiger charge is 2.27. The molecule has 0 aromatic heterocycles. The zero-order chi connectivity index (χ0) is 13.3. The monoisotopic (exact) mass is 253 g/mol. The Bertz CT molecular complexity index is 506. The number of non-ortho nitro benzene ring substituents is 1. The van der Waals surface area contributed by atoms with E-state index in [1.807, 2.05) is 0 Å². The van der Waals surface area contributed by atoms with E-state index in [9.17, 15) is 19.3 Å². The highest BCUT2D eigenvalue weighted by molar-refractivity contribution is 5.95. The first-order chi connectivity index (χ1) is 8.49. The van der Waals surface area contributed by atoms with Gasteiger partial charge in [-0.15, -0.1) is 0 Å². The average molecular weight is 253 g/mol. The van der Waals surface area contributed by atoms with Crippen molar-refractivity contribution in [1.29, 1.82) is 0 Å². The van der Waals surface area contributed by atoms with Gasteiger partial charge >= 0.3 is 0 Å². The van der Waals surface area contributed by atoms with Crippen LogP contribution < -0.4 is 5.73 Å². The fraction of sp³-hybridized carbons (Fsp3) is 0.364. The van der Waals surface area contributed by atoms with Crippen LogP contribution in [0, 0.1) is 15.9 Å². The van der Waals surface area contributed by atoms with Gasteiger partial charge in [-0.25, -0.2) is 4.39 Å². The Kier molecular flexibility index (Phi) is 3.24. The van der Waals surface area contributed by atoms with Gasteiger partial charge in [0.25, 0.3) is 11.6 Å². The number of nitrogens with two attached hydrogens (primary N) is 1. The molecule has 2 rings (SSSR count). The molecule has 1 aliphatic rings.